The van der Waals surface area contributed by atoms with Crippen LogP contribution in [0.3, 0.4) is 0 Å². The molecule has 0 bridgehead atoms. The van der Waals surface area contributed by atoms with E-state index in [1.807, 2.05) is 41.8 Å². The third kappa shape index (κ3) is 5.30. The molecular formula is C22H16BrCl2N3O2S. The predicted molar refractivity (Wildman–Crippen MR) is 131 cm³/mol. The fourth-order valence-electron chi connectivity index (χ4n) is 2.96. The van der Waals surface area contributed by atoms with Gasteiger partial charge in [-0.3, -0.25) is 10.2 Å². The number of carbonyl (C=O) groups excluding carboxylic acids is 1. The summed E-state index contributed by atoms with van der Waals surface area (Å²) in [4.78, 5) is 13.2. The van der Waals surface area contributed by atoms with Gasteiger partial charge in [-0.05, 0) is 53.9 Å². The van der Waals surface area contributed by atoms with Crippen molar-refractivity contribution in [3.05, 3.63) is 90.7 Å². The van der Waals surface area contributed by atoms with Crippen molar-refractivity contribution in [3.8, 4) is 0 Å². The summed E-state index contributed by atoms with van der Waals surface area (Å²) in [5.74, 6) is 0.433. The van der Waals surface area contributed by atoms with Crippen LogP contribution in [0, 0.1) is 0 Å². The number of carbonyl (C=O) groups is 1. The molecule has 0 saturated heterocycles. The number of halogens is 3. The first-order chi connectivity index (χ1) is 15.0. The highest BCUT2D eigenvalue weighted by molar-refractivity contribution is 9.10. The lowest BCUT2D eigenvalue weighted by molar-refractivity contribution is -0.114. The van der Waals surface area contributed by atoms with E-state index in [1.54, 1.807) is 18.2 Å². The third-order valence-electron chi connectivity index (χ3n) is 4.47. The molecule has 2 heterocycles. The highest BCUT2D eigenvalue weighted by atomic mass is 79.9. The molecule has 0 atom stereocenters. The van der Waals surface area contributed by atoms with Crippen molar-refractivity contribution < 1.29 is 9.53 Å². The van der Waals surface area contributed by atoms with Gasteiger partial charge in [-0.25, -0.2) is 0 Å². The van der Waals surface area contributed by atoms with Crippen LogP contribution in [0.1, 0.15) is 10.4 Å². The van der Waals surface area contributed by atoms with Crippen LogP contribution < -0.4 is 10.7 Å². The number of ether oxygens (including phenoxy) is 1. The normalized spacial score (nSPS) is 14.0. The Bertz CT molecular complexity index is 1160. The average Bonchev–Trinajstić information content (AvgIpc) is 3.39. The Morgan fingerprint density at radius 2 is 2.00 bits per heavy atom. The predicted octanol–water partition coefficient (Wildman–Crippen LogP) is 6.19. The van der Waals surface area contributed by atoms with Crippen LogP contribution in [-0.2, 0) is 9.53 Å². The Kier molecular flexibility index (Phi) is 6.97. The molecule has 0 unspecified atom stereocenters. The minimum atomic E-state index is -0.145. The monoisotopic (exact) mass is 535 g/mol. The van der Waals surface area contributed by atoms with Crippen molar-refractivity contribution in [2.75, 3.05) is 18.6 Å². The molecule has 0 saturated carbocycles. The zero-order valence-corrected chi connectivity index (χ0v) is 19.9. The molecule has 31 heavy (non-hydrogen) atoms. The second-order valence-corrected chi connectivity index (χ2v) is 9.26. The van der Waals surface area contributed by atoms with Crippen LogP contribution in [0.2, 0.25) is 10.0 Å². The summed E-state index contributed by atoms with van der Waals surface area (Å²) in [7, 11) is 0. The van der Waals surface area contributed by atoms with Gasteiger partial charge in [0.1, 0.15) is 18.1 Å². The first-order valence-corrected chi connectivity index (χ1v) is 11.7. The molecule has 5 nitrogen and oxygen atoms in total. The highest BCUT2D eigenvalue weighted by Gasteiger charge is 2.26. The maximum atomic E-state index is 12.3. The van der Waals surface area contributed by atoms with E-state index in [4.69, 9.17) is 27.9 Å². The van der Waals surface area contributed by atoms with E-state index in [2.05, 4.69) is 31.8 Å². The van der Waals surface area contributed by atoms with Crippen LogP contribution in [-0.4, -0.2) is 24.8 Å². The van der Waals surface area contributed by atoms with Crippen LogP contribution in [0.25, 0.3) is 5.57 Å². The lowest BCUT2D eigenvalue weighted by atomic mass is 10.1. The molecule has 1 amide bonds. The van der Waals surface area contributed by atoms with E-state index in [0.717, 1.165) is 15.0 Å². The summed E-state index contributed by atoms with van der Waals surface area (Å²) in [6.07, 6.45) is 0. The Morgan fingerprint density at radius 3 is 2.71 bits per heavy atom. The highest BCUT2D eigenvalue weighted by Crippen LogP contribution is 2.28. The van der Waals surface area contributed by atoms with Gasteiger partial charge in [-0.2, -0.15) is 5.10 Å². The van der Waals surface area contributed by atoms with E-state index in [0.29, 0.717) is 39.2 Å². The summed E-state index contributed by atoms with van der Waals surface area (Å²) < 4.78 is 7.02. The second-order valence-electron chi connectivity index (χ2n) is 6.55. The average molecular weight is 537 g/mol. The number of nitrogens with one attached hydrogen (secondary N) is 2. The topological polar surface area (TPSA) is 62.7 Å². The molecule has 1 aliphatic rings. The molecule has 2 aromatic carbocycles. The van der Waals surface area contributed by atoms with E-state index in [1.165, 1.54) is 11.3 Å². The van der Waals surface area contributed by atoms with Crippen molar-refractivity contribution in [2.45, 2.75) is 0 Å². The van der Waals surface area contributed by atoms with Gasteiger partial charge >= 0.3 is 0 Å². The maximum absolute atomic E-state index is 12.3. The number of hydrazone groups is 1. The zero-order chi connectivity index (χ0) is 21.8. The summed E-state index contributed by atoms with van der Waals surface area (Å²) in [5, 5.41) is 10.3. The lowest BCUT2D eigenvalue weighted by Crippen LogP contribution is -2.18. The van der Waals surface area contributed by atoms with Crippen LogP contribution >= 0.6 is 50.5 Å². The molecule has 4 rings (SSSR count). The van der Waals surface area contributed by atoms with Crippen molar-refractivity contribution in [1.29, 1.82) is 0 Å². The SMILES string of the molecule is O=C1NCC(OCC(=NNc2ccc(Br)cc2)c2ccc(Cl)cc2Cl)=C1c1cccs1. The van der Waals surface area contributed by atoms with Gasteiger partial charge in [-0.15, -0.1) is 11.3 Å². The van der Waals surface area contributed by atoms with Gasteiger partial charge in [0.05, 0.1) is 22.8 Å². The molecule has 0 radical (unpaired) electrons. The van der Waals surface area contributed by atoms with Gasteiger partial charge < -0.3 is 10.1 Å². The van der Waals surface area contributed by atoms with Gasteiger partial charge in [0.25, 0.3) is 5.91 Å². The number of nitrogens with zero attached hydrogens (tertiary/aromatic N) is 1. The van der Waals surface area contributed by atoms with Crippen molar-refractivity contribution in [2.24, 2.45) is 5.10 Å². The molecule has 1 aliphatic heterocycles. The standard InChI is InChI=1S/C22H16BrCl2N3O2S/c23-13-3-6-15(7-4-13)27-28-18(16-8-5-14(24)10-17(16)25)12-30-19-11-26-22(29)21(19)20-2-1-9-31-20/h1-10,27H,11-12H2,(H,26,29). The van der Waals surface area contributed by atoms with E-state index in [9.17, 15) is 4.79 Å². The molecule has 2 N–H and O–H groups in total. The molecule has 158 valence electrons. The second kappa shape index (κ2) is 9.87. The smallest absolute Gasteiger partial charge is 0.256 e. The summed E-state index contributed by atoms with van der Waals surface area (Å²) in [5.41, 5.74) is 5.65. The van der Waals surface area contributed by atoms with Crippen LogP contribution in [0.15, 0.2) is 75.3 Å². The Labute approximate surface area is 201 Å². The minimum Gasteiger partial charge on any atom is -0.489 e. The maximum Gasteiger partial charge on any atom is 0.256 e. The summed E-state index contributed by atoms with van der Waals surface area (Å²) >= 11 is 17.4. The fourth-order valence-corrected chi connectivity index (χ4v) is 4.53. The van der Waals surface area contributed by atoms with Crippen LogP contribution in [0.4, 0.5) is 5.69 Å². The molecule has 9 heteroatoms. The number of hydrogen-bond acceptors (Lipinski definition) is 5. The van der Waals surface area contributed by atoms with E-state index >= 15 is 0 Å². The van der Waals surface area contributed by atoms with Crippen molar-refractivity contribution in [1.82, 2.24) is 5.32 Å². The number of anilines is 1. The first kappa shape index (κ1) is 21.9. The summed E-state index contributed by atoms with van der Waals surface area (Å²) in [6, 6.07) is 16.6. The minimum absolute atomic E-state index is 0.115. The van der Waals surface area contributed by atoms with E-state index in [-0.39, 0.29) is 12.5 Å². The molecule has 0 fully saturated rings. The van der Waals surface area contributed by atoms with Crippen LogP contribution in [0.5, 0.6) is 0 Å². The van der Waals surface area contributed by atoms with Gasteiger partial charge in [0.15, 0.2) is 0 Å². The molecular weight excluding hydrogens is 521 g/mol. The summed E-state index contributed by atoms with van der Waals surface area (Å²) in [6.45, 7) is 0.442. The lowest BCUT2D eigenvalue weighted by Gasteiger charge is -2.13. The quantitative estimate of drug-likeness (QED) is 0.279. The van der Waals surface area contributed by atoms with Gasteiger partial charge in [0.2, 0.25) is 0 Å². The number of amides is 1. The number of thiophene rings is 1. The first-order valence-electron chi connectivity index (χ1n) is 9.23. The molecule has 3 aromatic rings. The fraction of sp³-hybridized carbons (Fsp3) is 0.0909. The number of rotatable bonds is 7. The largest absolute Gasteiger partial charge is 0.489 e. The number of benzene rings is 2. The number of hydrogen-bond donors (Lipinski definition) is 2. The molecule has 1 aromatic heterocycles. The van der Waals surface area contributed by atoms with Gasteiger partial charge in [0, 0.05) is 19.9 Å². The van der Waals surface area contributed by atoms with Gasteiger partial charge in [-0.1, -0.05) is 45.2 Å². The molecule has 0 aliphatic carbocycles. The Morgan fingerprint density at radius 1 is 1.19 bits per heavy atom. The third-order valence-corrected chi connectivity index (χ3v) is 6.44. The molecule has 0 spiro atoms. The van der Waals surface area contributed by atoms with Crippen molar-refractivity contribution >= 4 is 73.3 Å². The van der Waals surface area contributed by atoms with E-state index < -0.39 is 0 Å². The Balaban J connectivity index is 1.62. The van der Waals surface area contributed by atoms with Crippen molar-refractivity contribution in [3.63, 3.8) is 0 Å². The Hall–Kier alpha value is -2.32. The zero-order valence-electron chi connectivity index (χ0n) is 16.0.